The molecule has 0 fully saturated rings. The van der Waals surface area contributed by atoms with Gasteiger partial charge >= 0.3 is 0 Å². The average Bonchev–Trinajstić information content (AvgIpc) is 2.77. The van der Waals surface area contributed by atoms with Crippen LogP contribution in [0.1, 0.15) is 18.9 Å². The van der Waals surface area contributed by atoms with Gasteiger partial charge in [-0.15, -0.1) is 0 Å². The molecule has 3 heteroatoms. The highest BCUT2D eigenvalue weighted by Gasteiger charge is 2.09. The molecule has 0 saturated heterocycles. The monoisotopic (exact) mass is 162 g/mol. The van der Waals surface area contributed by atoms with Gasteiger partial charge in [-0.2, -0.15) is 0 Å². The number of aromatic nitrogens is 2. The van der Waals surface area contributed by atoms with Gasteiger partial charge in [0, 0.05) is 12.4 Å². The zero-order valence-electron chi connectivity index (χ0n) is 6.84. The molecule has 62 valence electrons. The Balaban J connectivity index is 2.27. The van der Waals surface area contributed by atoms with Crippen LogP contribution < -0.4 is 0 Å². The molecule has 0 bridgehead atoms. The Morgan fingerprint density at radius 3 is 2.75 bits per heavy atom. The van der Waals surface area contributed by atoms with Crippen molar-refractivity contribution in [1.29, 1.82) is 0 Å². The standard InChI is InChI=1S/C9H10N2O/c1-8(9-10-4-7-12-9)11-5-2-3-6-11/h2-8H,1H3. The van der Waals surface area contributed by atoms with Gasteiger partial charge in [-0.1, -0.05) is 0 Å². The Bertz CT molecular complexity index is 289. The SMILES string of the molecule is CC(c1ncco1)n1cccc1. The third-order valence-electron chi connectivity index (χ3n) is 1.88. The summed E-state index contributed by atoms with van der Waals surface area (Å²) in [5.41, 5.74) is 0. The zero-order valence-corrected chi connectivity index (χ0v) is 6.84. The van der Waals surface area contributed by atoms with E-state index in [0.29, 0.717) is 0 Å². The summed E-state index contributed by atoms with van der Waals surface area (Å²) in [4.78, 5) is 4.08. The van der Waals surface area contributed by atoms with E-state index in [2.05, 4.69) is 4.98 Å². The lowest BCUT2D eigenvalue weighted by Gasteiger charge is -2.08. The fraction of sp³-hybridized carbons (Fsp3) is 0.222. The lowest BCUT2D eigenvalue weighted by atomic mass is 10.3. The minimum absolute atomic E-state index is 0.176. The summed E-state index contributed by atoms with van der Waals surface area (Å²) in [6.07, 6.45) is 7.24. The van der Waals surface area contributed by atoms with Crippen molar-refractivity contribution in [2.75, 3.05) is 0 Å². The van der Waals surface area contributed by atoms with Gasteiger partial charge in [0.15, 0.2) is 0 Å². The normalized spacial score (nSPS) is 13.1. The molecular formula is C9H10N2O. The molecule has 2 aromatic heterocycles. The highest BCUT2D eigenvalue weighted by Crippen LogP contribution is 2.14. The van der Waals surface area contributed by atoms with E-state index in [1.807, 2.05) is 36.0 Å². The topological polar surface area (TPSA) is 31.0 Å². The third kappa shape index (κ3) is 1.13. The van der Waals surface area contributed by atoms with E-state index < -0.39 is 0 Å². The predicted octanol–water partition coefficient (Wildman–Crippen LogP) is 2.09. The minimum atomic E-state index is 0.176. The molecular weight excluding hydrogens is 152 g/mol. The summed E-state index contributed by atoms with van der Waals surface area (Å²) in [5.74, 6) is 0.742. The van der Waals surface area contributed by atoms with Gasteiger partial charge in [0.2, 0.25) is 5.89 Å². The zero-order chi connectivity index (χ0) is 8.39. The second-order valence-electron chi connectivity index (χ2n) is 2.68. The van der Waals surface area contributed by atoms with E-state index in [4.69, 9.17) is 4.42 Å². The minimum Gasteiger partial charge on any atom is -0.447 e. The Morgan fingerprint density at radius 1 is 1.42 bits per heavy atom. The molecule has 3 nitrogen and oxygen atoms in total. The van der Waals surface area contributed by atoms with Gasteiger partial charge in [0.05, 0.1) is 6.20 Å². The van der Waals surface area contributed by atoms with Gasteiger partial charge in [-0.25, -0.2) is 4.98 Å². The quantitative estimate of drug-likeness (QED) is 0.677. The lowest BCUT2D eigenvalue weighted by Crippen LogP contribution is -2.03. The molecule has 0 aliphatic heterocycles. The predicted molar refractivity (Wildman–Crippen MR) is 44.7 cm³/mol. The molecule has 0 N–H and O–H groups in total. The molecule has 0 saturated carbocycles. The molecule has 0 radical (unpaired) electrons. The maximum absolute atomic E-state index is 5.19. The maximum atomic E-state index is 5.19. The Hall–Kier alpha value is -1.51. The molecule has 0 spiro atoms. The Labute approximate surface area is 70.7 Å². The molecule has 1 atom stereocenters. The molecule has 1 unspecified atom stereocenters. The van der Waals surface area contributed by atoms with Crippen LogP contribution in [0.5, 0.6) is 0 Å². The molecule has 2 heterocycles. The summed E-state index contributed by atoms with van der Waals surface area (Å²) < 4.78 is 7.23. The summed E-state index contributed by atoms with van der Waals surface area (Å²) in [6, 6.07) is 4.15. The van der Waals surface area contributed by atoms with Crippen LogP contribution >= 0.6 is 0 Å². The van der Waals surface area contributed by atoms with Gasteiger partial charge in [-0.3, -0.25) is 0 Å². The van der Waals surface area contributed by atoms with E-state index in [0.717, 1.165) is 5.89 Å². The average molecular weight is 162 g/mol. The fourth-order valence-corrected chi connectivity index (χ4v) is 1.17. The van der Waals surface area contributed by atoms with E-state index in [1.165, 1.54) is 0 Å². The van der Waals surface area contributed by atoms with Crippen molar-refractivity contribution in [3.63, 3.8) is 0 Å². The van der Waals surface area contributed by atoms with E-state index in [-0.39, 0.29) is 6.04 Å². The number of rotatable bonds is 2. The van der Waals surface area contributed by atoms with Crippen molar-refractivity contribution in [3.8, 4) is 0 Å². The Morgan fingerprint density at radius 2 is 2.17 bits per heavy atom. The summed E-state index contributed by atoms with van der Waals surface area (Å²) in [6.45, 7) is 2.05. The van der Waals surface area contributed by atoms with Gasteiger partial charge < -0.3 is 8.98 Å². The van der Waals surface area contributed by atoms with Crippen molar-refractivity contribution in [2.24, 2.45) is 0 Å². The first kappa shape index (κ1) is 7.16. The molecule has 2 aromatic rings. The molecule has 0 aliphatic carbocycles. The number of hydrogen-bond acceptors (Lipinski definition) is 2. The van der Waals surface area contributed by atoms with Crippen LogP contribution in [0.2, 0.25) is 0 Å². The highest BCUT2D eigenvalue weighted by atomic mass is 16.3. The van der Waals surface area contributed by atoms with Gasteiger partial charge in [0.25, 0.3) is 0 Å². The maximum Gasteiger partial charge on any atom is 0.216 e. The van der Waals surface area contributed by atoms with E-state index in [9.17, 15) is 0 Å². The second kappa shape index (κ2) is 2.85. The first-order valence-corrected chi connectivity index (χ1v) is 3.90. The molecule has 0 aromatic carbocycles. The summed E-state index contributed by atoms with van der Waals surface area (Å²) in [7, 11) is 0. The molecule has 12 heavy (non-hydrogen) atoms. The first-order chi connectivity index (χ1) is 5.88. The fourth-order valence-electron chi connectivity index (χ4n) is 1.17. The number of oxazole rings is 1. The molecule has 2 rings (SSSR count). The van der Waals surface area contributed by atoms with Crippen LogP contribution in [0, 0.1) is 0 Å². The summed E-state index contributed by atoms with van der Waals surface area (Å²) in [5, 5.41) is 0. The largest absolute Gasteiger partial charge is 0.447 e. The molecule has 0 amide bonds. The summed E-state index contributed by atoms with van der Waals surface area (Å²) >= 11 is 0. The Kier molecular flexibility index (Phi) is 1.70. The van der Waals surface area contributed by atoms with Crippen LogP contribution in [0.4, 0.5) is 0 Å². The van der Waals surface area contributed by atoms with Crippen molar-refractivity contribution in [3.05, 3.63) is 42.9 Å². The van der Waals surface area contributed by atoms with Crippen LogP contribution in [0.3, 0.4) is 0 Å². The first-order valence-electron chi connectivity index (χ1n) is 3.90. The lowest BCUT2D eigenvalue weighted by molar-refractivity contribution is 0.431. The highest BCUT2D eigenvalue weighted by molar-refractivity contribution is 4.98. The van der Waals surface area contributed by atoms with Crippen molar-refractivity contribution < 1.29 is 4.42 Å². The van der Waals surface area contributed by atoms with Gasteiger partial charge in [0.1, 0.15) is 12.3 Å². The van der Waals surface area contributed by atoms with Crippen molar-refractivity contribution >= 4 is 0 Å². The smallest absolute Gasteiger partial charge is 0.216 e. The second-order valence-corrected chi connectivity index (χ2v) is 2.68. The van der Waals surface area contributed by atoms with Crippen molar-refractivity contribution in [2.45, 2.75) is 13.0 Å². The van der Waals surface area contributed by atoms with Crippen LogP contribution in [-0.2, 0) is 0 Å². The van der Waals surface area contributed by atoms with Crippen molar-refractivity contribution in [1.82, 2.24) is 9.55 Å². The van der Waals surface area contributed by atoms with Gasteiger partial charge in [-0.05, 0) is 19.1 Å². The van der Waals surface area contributed by atoms with Crippen LogP contribution in [0.15, 0.2) is 41.4 Å². The van der Waals surface area contributed by atoms with E-state index >= 15 is 0 Å². The number of nitrogens with zero attached hydrogens (tertiary/aromatic N) is 2. The third-order valence-corrected chi connectivity index (χ3v) is 1.88. The number of hydrogen-bond donors (Lipinski definition) is 0. The van der Waals surface area contributed by atoms with Crippen LogP contribution in [-0.4, -0.2) is 9.55 Å². The van der Waals surface area contributed by atoms with Crippen LogP contribution in [0.25, 0.3) is 0 Å². The molecule has 0 aliphatic rings. The van der Waals surface area contributed by atoms with E-state index in [1.54, 1.807) is 12.5 Å².